The molecule has 0 atom stereocenters. The summed E-state index contributed by atoms with van der Waals surface area (Å²) in [7, 11) is 0. The highest BCUT2D eigenvalue weighted by Crippen LogP contribution is 2.23. The van der Waals surface area contributed by atoms with Crippen molar-refractivity contribution < 1.29 is 14.1 Å². The van der Waals surface area contributed by atoms with Crippen LogP contribution in [0.15, 0.2) is 71.3 Å². The minimum Gasteiger partial charge on any atom is -0.410 e. The van der Waals surface area contributed by atoms with Crippen molar-refractivity contribution in [3.8, 4) is 5.75 Å². The number of nitrogens with zero attached hydrogens (tertiary/aromatic N) is 1. The summed E-state index contributed by atoms with van der Waals surface area (Å²) in [5.74, 6) is 0.806. The Morgan fingerprint density at radius 2 is 1.74 bits per heavy atom. The quantitative estimate of drug-likeness (QED) is 0.588. The first-order valence-corrected chi connectivity index (χ1v) is 7.12. The van der Waals surface area contributed by atoms with E-state index >= 15 is 0 Å². The standard InChI is InChI=1S/C18H12N2O3/c21-18(19-17-15-7-3-4-8-16(15)23-20-17)22-14-10-9-12-5-1-2-6-13(12)11-14/h1-11H,(H,19,20,21). The van der Waals surface area contributed by atoms with Gasteiger partial charge in [0.25, 0.3) is 0 Å². The second-order valence-corrected chi connectivity index (χ2v) is 5.05. The summed E-state index contributed by atoms with van der Waals surface area (Å²) in [5.41, 5.74) is 0.605. The molecule has 4 rings (SSSR count). The molecule has 1 aromatic heterocycles. The number of carbonyl (C=O) groups is 1. The van der Waals surface area contributed by atoms with Crippen molar-refractivity contribution in [2.75, 3.05) is 5.32 Å². The number of ether oxygens (including phenoxy) is 1. The molecule has 0 aliphatic heterocycles. The van der Waals surface area contributed by atoms with E-state index in [1.54, 1.807) is 12.1 Å². The van der Waals surface area contributed by atoms with E-state index in [4.69, 9.17) is 9.26 Å². The summed E-state index contributed by atoms with van der Waals surface area (Å²) in [4.78, 5) is 12.0. The maximum Gasteiger partial charge on any atom is 0.418 e. The summed E-state index contributed by atoms with van der Waals surface area (Å²) in [5, 5.41) is 9.25. The molecule has 3 aromatic carbocycles. The molecule has 1 N–H and O–H groups in total. The Hall–Kier alpha value is -3.34. The Kier molecular flexibility index (Phi) is 3.16. The number of benzene rings is 3. The first-order chi connectivity index (χ1) is 11.3. The highest BCUT2D eigenvalue weighted by molar-refractivity contribution is 5.97. The van der Waals surface area contributed by atoms with Gasteiger partial charge in [-0.25, -0.2) is 4.79 Å². The van der Waals surface area contributed by atoms with Crippen LogP contribution in [0.4, 0.5) is 10.6 Å². The molecule has 0 saturated heterocycles. The third kappa shape index (κ3) is 2.60. The topological polar surface area (TPSA) is 64.4 Å². The van der Waals surface area contributed by atoms with E-state index in [-0.39, 0.29) is 0 Å². The summed E-state index contributed by atoms with van der Waals surface area (Å²) in [6, 6.07) is 20.6. The Labute approximate surface area is 131 Å². The van der Waals surface area contributed by atoms with Gasteiger partial charge in [-0.2, -0.15) is 0 Å². The van der Waals surface area contributed by atoms with Crippen LogP contribution in [0.2, 0.25) is 0 Å². The average molecular weight is 304 g/mol. The third-order valence-corrected chi connectivity index (χ3v) is 3.53. The highest BCUT2D eigenvalue weighted by Gasteiger charge is 2.12. The van der Waals surface area contributed by atoms with Crippen LogP contribution in [-0.4, -0.2) is 11.2 Å². The lowest BCUT2D eigenvalue weighted by atomic mass is 10.1. The van der Waals surface area contributed by atoms with Gasteiger partial charge in [0.2, 0.25) is 0 Å². The van der Waals surface area contributed by atoms with E-state index in [2.05, 4.69) is 10.5 Å². The predicted molar refractivity (Wildman–Crippen MR) is 87.6 cm³/mol. The van der Waals surface area contributed by atoms with Crippen LogP contribution in [-0.2, 0) is 0 Å². The summed E-state index contributed by atoms with van der Waals surface area (Å²) in [6.07, 6.45) is -0.612. The van der Waals surface area contributed by atoms with E-state index in [1.165, 1.54) is 0 Å². The van der Waals surface area contributed by atoms with Crippen molar-refractivity contribution in [3.63, 3.8) is 0 Å². The number of hydrogen-bond donors (Lipinski definition) is 1. The number of carbonyl (C=O) groups excluding carboxylic acids is 1. The first-order valence-electron chi connectivity index (χ1n) is 7.12. The molecule has 5 nitrogen and oxygen atoms in total. The molecule has 0 aliphatic carbocycles. The zero-order chi connectivity index (χ0) is 15.6. The summed E-state index contributed by atoms with van der Waals surface area (Å²) < 4.78 is 10.5. The minimum absolute atomic E-state index is 0.339. The van der Waals surface area contributed by atoms with Crippen LogP contribution in [0.25, 0.3) is 21.7 Å². The number of amides is 1. The van der Waals surface area contributed by atoms with Gasteiger partial charge >= 0.3 is 6.09 Å². The smallest absolute Gasteiger partial charge is 0.410 e. The Morgan fingerprint density at radius 3 is 2.65 bits per heavy atom. The van der Waals surface area contributed by atoms with Crippen molar-refractivity contribution in [1.29, 1.82) is 0 Å². The fourth-order valence-corrected chi connectivity index (χ4v) is 2.44. The molecule has 1 heterocycles. The molecular weight excluding hydrogens is 292 g/mol. The molecule has 5 heteroatoms. The molecule has 112 valence electrons. The Bertz CT molecular complexity index is 1010. The van der Waals surface area contributed by atoms with Crippen LogP contribution in [0, 0.1) is 0 Å². The SMILES string of the molecule is O=C(Nc1noc2ccccc12)Oc1ccc2ccccc2c1. The van der Waals surface area contributed by atoms with E-state index < -0.39 is 6.09 Å². The largest absolute Gasteiger partial charge is 0.418 e. The Morgan fingerprint density at radius 1 is 0.957 bits per heavy atom. The zero-order valence-electron chi connectivity index (χ0n) is 12.0. The maximum absolute atomic E-state index is 12.0. The lowest BCUT2D eigenvalue weighted by molar-refractivity contribution is 0.215. The number of para-hydroxylation sites is 1. The van der Waals surface area contributed by atoms with Gasteiger partial charge in [0.05, 0.1) is 5.39 Å². The number of anilines is 1. The van der Waals surface area contributed by atoms with Crippen LogP contribution in [0.3, 0.4) is 0 Å². The number of aromatic nitrogens is 1. The van der Waals surface area contributed by atoms with Gasteiger partial charge in [0.15, 0.2) is 11.4 Å². The summed E-state index contributed by atoms with van der Waals surface area (Å²) >= 11 is 0. The first kappa shape index (κ1) is 13.3. The van der Waals surface area contributed by atoms with Gasteiger partial charge in [0.1, 0.15) is 5.75 Å². The molecule has 0 fully saturated rings. The molecule has 0 spiro atoms. The second-order valence-electron chi connectivity index (χ2n) is 5.05. The predicted octanol–water partition coefficient (Wildman–Crippen LogP) is 4.59. The van der Waals surface area contributed by atoms with Crippen LogP contribution in [0.1, 0.15) is 0 Å². The minimum atomic E-state index is -0.612. The molecule has 4 aromatic rings. The van der Waals surface area contributed by atoms with E-state index in [0.29, 0.717) is 17.2 Å². The van der Waals surface area contributed by atoms with Gasteiger partial charge in [-0.3, -0.25) is 5.32 Å². The molecule has 0 saturated carbocycles. The van der Waals surface area contributed by atoms with Crippen LogP contribution in [0.5, 0.6) is 5.75 Å². The molecule has 0 aliphatic rings. The number of hydrogen-bond acceptors (Lipinski definition) is 4. The third-order valence-electron chi connectivity index (χ3n) is 3.53. The van der Waals surface area contributed by atoms with E-state index in [1.807, 2.05) is 54.6 Å². The number of fused-ring (bicyclic) bond motifs is 2. The zero-order valence-corrected chi connectivity index (χ0v) is 12.0. The van der Waals surface area contributed by atoms with Gasteiger partial charge in [-0.1, -0.05) is 47.6 Å². The van der Waals surface area contributed by atoms with Gasteiger partial charge < -0.3 is 9.26 Å². The maximum atomic E-state index is 12.0. The second kappa shape index (κ2) is 5.46. The van der Waals surface area contributed by atoms with Gasteiger partial charge in [-0.15, -0.1) is 0 Å². The van der Waals surface area contributed by atoms with E-state index in [0.717, 1.165) is 16.2 Å². The monoisotopic (exact) mass is 304 g/mol. The van der Waals surface area contributed by atoms with Crippen molar-refractivity contribution in [2.24, 2.45) is 0 Å². The lowest BCUT2D eigenvalue weighted by Gasteiger charge is -2.05. The molecule has 0 radical (unpaired) electrons. The van der Waals surface area contributed by atoms with Crippen molar-refractivity contribution in [1.82, 2.24) is 5.16 Å². The average Bonchev–Trinajstić information content (AvgIpc) is 2.98. The molecule has 23 heavy (non-hydrogen) atoms. The fraction of sp³-hybridized carbons (Fsp3) is 0. The number of nitrogens with one attached hydrogen (secondary N) is 1. The van der Waals surface area contributed by atoms with Crippen molar-refractivity contribution in [3.05, 3.63) is 66.7 Å². The van der Waals surface area contributed by atoms with Crippen LogP contribution < -0.4 is 10.1 Å². The normalized spacial score (nSPS) is 10.8. The fourth-order valence-electron chi connectivity index (χ4n) is 2.44. The van der Waals surface area contributed by atoms with Crippen LogP contribution >= 0.6 is 0 Å². The van der Waals surface area contributed by atoms with Crippen molar-refractivity contribution >= 4 is 33.7 Å². The molecule has 0 unspecified atom stereocenters. The summed E-state index contributed by atoms with van der Waals surface area (Å²) in [6.45, 7) is 0. The van der Waals surface area contributed by atoms with E-state index in [9.17, 15) is 4.79 Å². The van der Waals surface area contributed by atoms with Gasteiger partial charge in [0, 0.05) is 0 Å². The van der Waals surface area contributed by atoms with Crippen molar-refractivity contribution in [2.45, 2.75) is 0 Å². The van der Waals surface area contributed by atoms with Gasteiger partial charge in [-0.05, 0) is 35.0 Å². The molecule has 0 bridgehead atoms. The highest BCUT2D eigenvalue weighted by atomic mass is 16.6. The molecule has 1 amide bonds. The molecular formula is C18H12N2O3. The number of rotatable bonds is 2. The Balaban J connectivity index is 1.55. The lowest BCUT2D eigenvalue weighted by Crippen LogP contribution is -2.17.